The van der Waals surface area contributed by atoms with Crippen molar-refractivity contribution >= 4 is 28.9 Å². The number of nitrogens with zero attached hydrogens (tertiary/aromatic N) is 1. The molecule has 1 heterocycles. The molecule has 1 aliphatic heterocycles. The molecule has 0 aromatic heterocycles. The fraction of sp³-hybridized carbons (Fsp3) is 0.286. The summed E-state index contributed by atoms with van der Waals surface area (Å²) >= 11 is 0. The molecule has 0 aliphatic carbocycles. The zero-order valence-corrected chi connectivity index (χ0v) is 20.0. The lowest BCUT2D eigenvalue weighted by Crippen LogP contribution is -2.36. The second-order valence-corrected chi connectivity index (χ2v) is 8.54. The minimum atomic E-state index is -0.535. The number of amides is 2. The van der Waals surface area contributed by atoms with E-state index in [0.29, 0.717) is 17.8 Å². The predicted molar refractivity (Wildman–Crippen MR) is 140 cm³/mol. The molecule has 35 heavy (non-hydrogen) atoms. The molecule has 1 aliphatic rings. The van der Waals surface area contributed by atoms with Gasteiger partial charge in [0.05, 0.1) is 18.8 Å². The Hall–Kier alpha value is -3.84. The van der Waals surface area contributed by atoms with E-state index in [-0.39, 0.29) is 11.8 Å². The quantitative estimate of drug-likeness (QED) is 0.440. The van der Waals surface area contributed by atoms with E-state index < -0.39 is 6.04 Å². The van der Waals surface area contributed by atoms with Crippen LogP contribution in [0.1, 0.15) is 22.8 Å². The van der Waals surface area contributed by atoms with Gasteiger partial charge in [-0.1, -0.05) is 42.5 Å². The van der Waals surface area contributed by atoms with Crippen LogP contribution in [0.25, 0.3) is 0 Å². The number of para-hydroxylation sites is 1. The summed E-state index contributed by atoms with van der Waals surface area (Å²) in [6.45, 7) is 5.51. The van der Waals surface area contributed by atoms with E-state index in [1.54, 1.807) is 13.0 Å². The molecule has 7 nitrogen and oxygen atoms in total. The maximum Gasteiger partial charge on any atom is 0.253 e. The van der Waals surface area contributed by atoms with Gasteiger partial charge in [0.2, 0.25) is 5.91 Å². The smallest absolute Gasteiger partial charge is 0.253 e. The van der Waals surface area contributed by atoms with Crippen LogP contribution >= 0.6 is 0 Å². The van der Waals surface area contributed by atoms with Crippen molar-refractivity contribution in [1.29, 1.82) is 0 Å². The molecule has 0 saturated carbocycles. The van der Waals surface area contributed by atoms with E-state index in [4.69, 9.17) is 4.74 Å². The van der Waals surface area contributed by atoms with Gasteiger partial charge in [-0.3, -0.25) is 9.59 Å². The first-order chi connectivity index (χ1) is 17.1. The first kappa shape index (κ1) is 24.3. The molecule has 1 fully saturated rings. The van der Waals surface area contributed by atoms with E-state index in [1.165, 1.54) is 5.56 Å². The fourth-order valence-corrected chi connectivity index (χ4v) is 3.99. The molecule has 3 aromatic carbocycles. The lowest BCUT2D eigenvalue weighted by molar-refractivity contribution is -0.116. The average Bonchev–Trinajstić information content (AvgIpc) is 2.90. The van der Waals surface area contributed by atoms with Crippen molar-refractivity contribution in [3.63, 3.8) is 0 Å². The first-order valence-corrected chi connectivity index (χ1v) is 12.0. The van der Waals surface area contributed by atoms with Crippen molar-refractivity contribution in [2.45, 2.75) is 19.4 Å². The SMILES string of the molecule is CC(Nc1ccccc1C(=O)NCCc1ccccc1)C(=O)Nc1ccc(N2CCOCC2)cc1. The Morgan fingerprint density at radius 1 is 0.914 bits per heavy atom. The normalized spacial score (nSPS) is 14.1. The number of ether oxygens (including phenoxy) is 1. The number of carbonyl (C=O) groups is 2. The third-order valence-electron chi connectivity index (χ3n) is 5.99. The number of anilines is 3. The first-order valence-electron chi connectivity index (χ1n) is 12.0. The van der Waals surface area contributed by atoms with Crippen LogP contribution in [0.4, 0.5) is 17.1 Å². The van der Waals surface area contributed by atoms with Gasteiger partial charge < -0.3 is 25.6 Å². The van der Waals surface area contributed by atoms with E-state index in [2.05, 4.69) is 20.9 Å². The Morgan fingerprint density at radius 3 is 2.34 bits per heavy atom. The van der Waals surface area contributed by atoms with Crippen molar-refractivity contribution in [3.8, 4) is 0 Å². The lowest BCUT2D eigenvalue weighted by Gasteiger charge is -2.29. The molecule has 0 spiro atoms. The van der Waals surface area contributed by atoms with Gasteiger partial charge in [0.15, 0.2) is 0 Å². The topological polar surface area (TPSA) is 82.7 Å². The second-order valence-electron chi connectivity index (χ2n) is 8.54. The summed E-state index contributed by atoms with van der Waals surface area (Å²) in [5.74, 6) is -0.348. The molecule has 4 rings (SSSR count). The number of morpholine rings is 1. The molecule has 1 unspecified atom stereocenters. The average molecular weight is 473 g/mol. The molecule has 7 heteroatoms. The Morgan fingerprint density at radius 2 is 1.60 bits per heavy atom. The van der Waals surface area contributed by atoms with Crippen LogP contribution < -0.4 is 20.9 Å². The molecule has 0 radical (unpaired) electrons. The molecule has 2 amide bonds. The van der Waals surface area contributed by atoms with E-state index in [0.717, 1.165) is 44.1 Å². The number of nitrogens with one attached hydrogen (secondary N) is 3. The largest absolute Gasteiger partial charge is 0.378 e. The van der Waals surface area contributed by atoms with Crippen LogP contribution in [0.3, 0.4) is 0 Å². The third-order valence-corrected chi connectivity index (χ3v) is 5.99. The maximum absolute atomic E-state index is 12.8. The van der Waals surface area contributed by atoms with Gasteiger partial charge in [0.1, 0.15) is 6.04 Å². The van der Waals surface area contributed by atoms with Gasteiger partial charge in [-0.25, -0.2) is 0 Å². The summed E-state index contributed by atoms with van der Waals surface area (Å²) in [6.07, 6.45) is 0.755. The van der Waals surface area contributed by atoms with Gasteiger partial charge in [-0.05, 0) is 55.3 Å². The number of hydrogen-bond acceptors (Lipinski definition) is 5. The maximum atomic E-state index is 12.8. The number of benzene rings is 3. The van der Waals surface area contributed by atoms with E-state index in [9.17, 15) is 9.59 Å². The molecule has 1 saturated heterocycles. The summed E-state index contributed by atoms with van der Waals surface area (Å²) in [4.78, 5) is 27.9. The van der Waals surface area contributed by atoms with Gasteiger partial charge in [-0.2, -0.15) is 0 Å². The molecular formula is C28H32N4O3. The Bertz CT molecular complexity index is 1110. The predicted octanol–water partition coefficient (Wildman–Crippen LogP) is 3.93. The number of rotatable bonds is 9. The van der Waals surface area contributed by atoms with Crippen molar-refractivity contribution in [2.24, 2.45) is 0 Å². The van der Waals surface area contributed by atoms with Gasteiger partial charge in [0.25, 0.3) is 5.91 Å². The van der Waals surface area contributed by atoms with Gasteiger partial charge >= 0.3 is 0 Å². The van der Waals surface area contributed by atoms with Gasteiger partial charge in [-0.15, -0.1) is 0 Å². The molecular weight excluding hydrogens is 440 g/mol. The highest BCUT2D eigenvalue weighted by molar-refractivity contribution is 6.01. The van der Waals surface area contributed by atoms with Crippen LogP contribution in [0.15, 0.2) is 78.9 Å². The zero-order valence-electron chi connectivity index (χ0n) is 20.0. The lowest BCUT2D eigenvalue weighted by atomic mass is 10.1. The van der Waals surface area contributed by atoms with Crippen LogP contribution in [-0.2, 0) is 16.0 Å². The molecule has 1 atom stereocenters. The highest BCUT2D eigenvalue weighted by Crippen LogP contribution is 2.20. The van der Waals surface area contributed by atoms with E-state index in [1.807, 2.05) is 72.8 Å². The van der Waals surface area contributed by atoms with Crippen molar-refractivity contribution < 1.29 is 14.3 Å². The van der Waals surface area contributed by atoms with Crippen LogP contribution in [0, 0.1) is 0 Å². The van der Waals surface area contributed by atoms with Crippen LogP contribution in [0.2, 0.25) is 0 Å². The minimum Gasteiger partial charge on any atom is -0.378 e. The Labute approximate surface area is 206 Å². The molecule has 3 N–H and O–H groups in total. The van der Waals surface area contributed by atoms with E-state index >= 15 is 0 Å². The summed E-state index contributed by atoms with van der Waals surface area (Å²) in [5, 5.41) is 9.11. The monoisotopic (exact) mass is 472 g/mol. The summed E-state index contributed by atoms with van der Waals surface area (Å²) in [6, 6.07) is 24.6. The van der Waals surface area contributed by atoms with Crippen LogP contribution in [0.5, 0.6) is 0 Å². The molecule has 3 aromatic rings. The zero-order chi connectivity index (χ0) is 24.5. The highest BCUT2D eigenvalue weighted by atomic mass is 16.5. The third kappa shape index (κ3) is 6.83. The summed E-state index contributed by atoms with van der Waals surface area (Å²) < 4.78 is 5.40. The highest BCUT2D eigenvalue weighted by Gasteiger charge is 2.17. The molecule has 0 bridgehead atoms. The van der Waals surface area contributed by atoms with Crippen molar-refractivity contribution in [2.75, 3.05) is 48.4 Å². The minimum absolute atomic E-state index is 0.171. The second kappa shape index (κ2) is 12.0. The van der Waals surface area contributed by atoms with Crippen molar-refractivity contribution in [3.05, 3.63) is 90.0 Å². The van der Waals surface area contributed by atoms with Crippen LogP contribution in [-0.4, -0.2) is 50.7 Å². The fourth-order valence-electron chi connectivity index (χ4n) is 3.99. The Kier molecular flexibility index (Phi) is 8.35. The number of hydrogen-bond donors (Lipinski definition) is 3. The standard InChI is InChI=1S/C28H32N4O3/c1-21(27(33)31-23-11-13-24(14-12-23)32-17-19-35-20-18-32)30-26-10-6-5-9-25(26)28(34)29-16-15-22-7-3-2-4-8-22/h2-14,21,30H,15-20H2,1H3,(H,29,34)(H,31,33). The Balaban J connectivity index is 1.31. The number of carbonyl (C=O) groups excluding carboxylic acids is 2. The summed E-state index contributed by atoms with van der Waals surface area (Å²) in [7, 11) is 0. The summed E-state index contributed by atoms with van der Waals surface area (Å²) in [5.41, 5.74) is 4.14. The van der Waals surface area contributed by atoms with Crippen molar-refractivity contribution in [1.82, 2.24) is 5.32 Å². The van der Waals surface area contributed by atoms with Gasteiger partial charge in [0, 0.05) is 36.7 Å². The molecule has 182 valence electrons.